The molecule has 98 valence electrons. The molecule has 2 rings (SSSR count). The van der Waals surface area contributed by atoms with Gasteiger partial charge in [0, 0.05) is 31.7 Å². The number of hydrogen-bond acceptors (Lipinski definition) is 5. The molecule has 1 aliphatic heterocycles. The fraction of sp³-hybridized carbons (Fsp3) is 0.545. The predicted octanol–water partition coefficient (Wildman–Crippen LogP) is 0.149. The molecule has 1 aromatic heterocycles. The van der Waals surface area contributed by atoms with Crippen LogP contribution in [-0.2, 0) is 0 Å². The highest BCUT2D eigenvalue weighted by Gasteiger charge is 2.29. The molecule has 0 aromatic carbocycles. The quantitative estimate of drug-likeness (QED) is 0.807. The number of likely N-dealkylation sites (N-methyl/N-ethyl adjacent to an activating group) is 1. The molecule has 0 radical (unpaired) electrons. The second kappa shape index (κ2) is 4.77. The van der Waals surface area contributed by atoms with Crippen LogP contribution in [0.2, 0.25) is 0 Å². The van der Waals surface area contributed by atoms with E-state index in [2.05, 4.69) is 14.6 Å². The van der Waals surface area contributed by atoms with E-state index in [1.807, 2.05) is 14.0 Å². The van der Waals surface area contributed by atoms with Gasteiger partial charge < -0.3 is 19.4 Å². The van der Waals surface area contributed by atoms with Crippen LogP contribution in [0.1, 0.15) is 28.0 Å². The van der Waals surface area contributed by atoms with Gasteiger partial charge in [-0.1, -0.05) is 5.16 Å². The number of carbonyl (C=O) groups is 2. The Labute approximate surface area is 104 Å². The summed E-state index contributed by atoms with van der Waals surface area (Å²) in [6.45, 7) is 4.13. The molecule has 1 unspecified atom stereocenters. The largest absolute Gasteiger partial charge is 0.475 e. The molecule has 1 atom stereocenters. The van der Waals surface area contributed by atoms with Crippen molar-refractivity contribution < 1.29 is 19.2 Å². The lowest BCUT2D eigenvalue weighted by Crippen LogP contribution is -2.52. The second-order valence-electron chi connectivity index (χ2n) is 4.49. The molecule has 2 heterocycles. The van der Waals surface area contributed by atoms with Crippen molar-refractivity contribution in [2.75, 3.05) is 26.7 Å². The van der Waals surface area contributed by atoms with Crippen LogP contribution < -0.4 is 0 Å². The van der Waals surface area contributed by atoms with Crippen molar-refractivity contribution in [3.8, 4) is 0 Å². The molecule has 1 N–H and O–H groups in total. The van der Waals surface area contributed by atoms with Crippen molar-refractivity contribution in [2.45, 2.75) is 13.0 Å². The predicted molar refractivity (Wildman–Crippen MR) is 61.5 cm³/mol. The third-order valence-electron chi connectivity index (χ3n) is 3.03. The molecule has 0 bridgehead atoms. The van der Waals surface area contributed by atoms with E-state index < -0.39 is 5.97 Å². The standard InChI is InChI=1S/C11H15N3O4/c1-7-6-13(2)3-4-14(7)10(15)8-5-9(11(16)17)18-12-8/h5,7H,3-4,6H2,1-2H3,(H,16,17). The lowest BCUT2D eigenvalue weighted by molar-refractivity contribution is 0.0521. The van der Waals surface area contributed by atoms with E-state index in [4.69, 9.17) is 5.11 Å². The molecule has 7 nitrogen and oxygen atoms in total. The van der Waals surface area contributed by atoms with Gasteiger partial charge in [0.1, 0.15) is 0 Å². The van der Waals surface area contributed by atoms with Crippen LogP contribution in [0.5, 0.6) is 0 Å². The van der Waals surface area contributed by atoms with E-state index in [-0.39, 0.29) is 23.4 Å². The van der Waals surface area contributed by atoms with E-state index in [0.717, 1.165) is 19.2 Å². The molecule has 1 amide bonds. The smallest absolute Gasteiger partial charge is 0.374 e. The molecule has 0 aliphatic carbocycles. The number of carboxylic acid groups (broad SMARTS) is 1. The van der Waals surface area contributed by atoms with Crippen LogP contribution in [0.15, 0.2) is 10.6 Å². The first kappa shape index (κ1) is 12.6. The summed E-state index contributed by atoms with van der Waals surface area (Å²) < 4.78 is 4.59. The molecular formula is C11H15N3O4. The van der Waals surface area contributed by atoms with Gasteiger partial charge in [-0.3, -0.25) is 4.79 Å². The SMILES string of the molecule is CC1CN(C)CCN1C(=O)c1cc(C(=O)O)on1. The molecule has 7 heteroatoms. The molecule has 18 heavy (non-hydrogen) atoms. The minimum Gasteiger partial charge on any atom is -0.475 e. The summed E-state index contributed by atoms with van der Waals surface area (Å²) in [6, 6.07) is 1.23. The number of aromatic nitrogens is 1. The Morgan fingerprint density at radius 3 is 2.78 bits per heavy atom. The van der Waals surface area contributed by atoms with Gasteiger partial charge in [0.2, 0.25) is 5.76 Å². The van der Waals surface area contributed by atoms with Crippen molar-refractivity contribution in [2.24, 2.45) is 0 Å². The number of carbonyl (C=O) groups excluding carboxylic acids is 1. The molecule has 0 saturated carbocycles. The summed E-state index contributed by atoms with van der Waals surface area (Å²) in [6.07, 6.45) is 0. The monoisotopic (exact) mass is 253 g/mol. The number of piperazine rings is 1. The van der Waals surface area contributed by atoms with Crippen LogP contribution in [0, 0.1) is 0 Å². The van der Waals surface area contributed by atoms with Gasteiger partial charge in [-0.15, -0.1) is 0 Å². The molecule has 1 aliphatic rings. The van der Waals surface area contributed by atoms with E-state index >= 15 is 0 Å². The first-order valence-corrected chi connectivity index (χ1v) is 5.68. The summed E-state index contributed by atoms with van der Waals surface area (Å²) in [4.78, 5) is 26.6. The zero-order valence-electron chi connectivity index (χ0n) is 10.3. The Morgan fingerprint density at radius 2 is 2.22 bits per heavy atom. The van der Waals surface area contributed by atoms with E-state index in [1.54, 1.807) is 4.90 Å². The van der Waals surface area contributed by atoms with Crippen LogP contribution in [-0.4, -0.2) is 64.7 Å². The van der Waals surface area contributed by atoms with Gasteiger partial charge in [0.05, 0.1) is 0 Å². The molecular weight excluding hydrogens is 238 g/mol. The number of hydrogen-bond donors (Lipinski definition) is 1. The first-order valence-electron chi connectivity index (χ1n) is 5.68. The molecule has 0 spiro atoms. The lowest BCUT2D eigenvalue weighted by atomic mass is 10.2. The number of rotatable bonds is 2. The van der Waals surface area contributed by atoms with E-state index in [0.29, 0.717) is 6.54 Å². The van der Waals surface area contributed by atoms with Gasteiger partial charge in [-0.25, -0.2) is 4.79 Å². The summed E-state index contributed by atoms with van der Waals surface area (Å²) in [5.74, 6) is -1.83. The third-order valence-corrected chi connectivity index (χ3v) is 3.03. The number of aromatic carboxylic acids is 1. The lowest BCUT2D eigenvalue weighted by Gasteiger charge is -2.37. The first-order chi connectivity index (χ1) is 8.49. The normalized spacial score (nSPS) is 21.0. The Bertz CT molecular complexity index is 471. The highest BCUT2D eigenvalue weighted by molar-refractivity contribution is 5.95. The third kappa shape index (κ3) is 2.35. The van der Waals surface area contributed by atoms with Crippen LogP contribution >= 0.6 is 0 Å². The fourth-order valence-electron chi connectivity index (χ4n) is 2.07. The molecule has 1 fully saturated rings. The number of carboxylic acids is 1. The average molecular weight is 253 g/mol. The number of nitrogens with zero attached hydrogens (tertiary/aromatic N) is 3. The highest BCUT2D eigenvalue weighted by Crippen LogP contribution is 2.13. The maximum absolute atomic E-state index is 12.1. The topological polar surface area (TPSA) is 86.9 Å². The van der Waals surface area contributed by atoms with Gasteiger partial charge >= 0.3 is 5.97 Å². The Balaban J connectivity index is 2.13. The Morgan fingerprint density at radius 1 is 1.50 bits per heavy atom. The van der Waals surface area contributed by atoms with Crippen molar-refractivity contribution in [1.82, 2.24) is 15.0 Å². The summed E-state index contributed by atoms with van der Waals surface area (Å²) in [5, 5.41) is 12.2. The average Bonchev–Trinajstić information content (AvgIpc) is 2.77. The summed E-state index contributed by atoms with van der Waals surface area (Å²) in [7, 11) is 2.00. The maximum atomic E-state index is 12.1. The van der Waals surface area contributed by atoms with Crippen molar-refractivity contribution in [3.05, 3.63) is 17.5 Å². The van der Waals surface area contributed by atoms with Crippen LogP contribution in [0.3, 0.4) is 0 Å². The zero-order valence-corrected chi connectivity index (χ0v) is 10.3. The van der Waals surface area contributed by atoms with E-state index in [9.17, 15) is 9.59 Å². The maximum Gasteiger partial charge on any atom is 0.374 e. The van der Waals surface area contributed by atoms with Gasteiger partial charge in [0.15, 0.2) is 5.69 Å². The summed E-state index contributed by atoms with van der Waals surface area (Å²) >= 11 is 0. The Hall–Kier alpha value is -1.89. The van der Waals surface area contributed by atoms with Gasteiger partial charge in [0.25, 0.3) is 5.91 Å². The van der Waals surface area contributed by atoms with Gasteiger partial charge in [-0.2, -0.15) is 0 Å². The van der Waals surface area contributed by atoms with Crippen molar-refractivity contribution >= 4 is 11.9 Å². The van der Waals surface area contributed by atoms with Crippen LogP contribution in [0.4, 0.5) is 0 Å². The highest BCUT2D eigenvalue weighted by atomic mass is 16.5. The summed E-state index contributed by atoms with van der Waals surface area (Å²) in [5.41, 5.74) is 0.0452. The second-order valence-corrected chi connectivity index (χ2v) is 4.49. The zero-order chi connectivity index (χ0) is 13.3. The van der Waals surface area contributed by atoms with Crippen molar-refractivity contribution in [3.63, 3.8) is 0 Å². The molecule has 1 saturated heterocycles. The van der Waals surface area contributed by atoms with E-state index in [1.165, 1.54) is 0 Å². The minimum atomic E-state index is -1.23. The van der Waals surface area contributed by atoms with Crippen molar-refractivity contribution in [1.29, 1.82) is 0 Å². The van der Waals surface area contributed by atoms with Crippen LogP contribution in [0.25, 0.3) is 0 Å². The van der Waals surface area contributed by atoms with Gasteiger partial charge in [-0.05, 0) is 14.0 Å². The Kier molecular flexibility index (Phi) is 3.33. The number of amides is 1. The molecule has 1 aromatic rings. The fourth-order valence-corrected chi connectivity index (χ4v) is 2.07. The minimum absolute atomic E-state index is 0.0452.